The maximum atomic E-state index is 11.5. The first kappa shape index (κ1) is 17.9. The van der Waals surface area contributed by atoms with Crippen LogP contribution in [0.3, 0.4) is 0 Å². The summed E-state index contributed by atoms with van der Waals surface area (Å²) >= 11 is 0. The fourth-order valence-electron chi connectivity index (χ4n) is 2.34. The molecule has 128 valence electrons. The number of ether oxygens (including phenoxy) is 1. The van der Waals surface area contributed by atoms with Crippen LogP contribution in [0.5, 0.6) is 11.5 Å². The Hall–Kier alpha value is -2.45. The number of benzene rings is 2. The van der Waals surface area contributed by atoms with Gasteiger partial charge in [0.1, 0.15) is 21.6 Å². The van der Waals surface area contributed by atoms with E-state index in [0.29, 0.717) is 16.9 Å². The lowest BCUT2D eigenvalue weighted by Crippen LogP contribution is -2.07. The average molecular weight is 350 g/mol. The number of hydrogen-bond acceptors (Lipinski definition) is 6. The molecule has 0 saturated heterocycles. The second-order valence-corrected chi connectivity index (χ2v) is 6.93. The minimum Gasteiger partial charge on any atom is -0.744 e. The first-order valence-corrected chi connectivity index (χ1v) is 8.53. The molecule has 0 aliphatic rings. The number of rotatable bonds is 5. The quantitative estimate of drug-likeness (QED) is 0.462. The summed E-state index contributed by atoms with van der Waals surface area (Å²) in [6, 6.07) is 8.18. The fraction of sp³-hybridized carbons (Fsp3) is 0.250. The van der Waals surface area contributed by atoms with E-state index < -0.39 is 15.0 Å². The molecule has 0 saturated carbocycles. The van der Waals surface area contributed by atoms with E-state index in [1.165, 1.54) is 36.4 Å². The zero-order valence-electron chi connectivity index (χ0n) is 13.3. The Morgan fingerprint density at radius 2 is 1.67 bits per heavy atom. The van der Waals surface area contributed by atoms with E-state index in [0.717, 1.165) is 0 Å². The minimum absolute atomic E-state index is 0.0842. The Labute approximate surface area is 139 Å². The van der Waals surface area contributed by atoms with Gasteiger partial charge in [-0.15, -0.1) is 0 Å². The normalized spacial score (nSPS) is 11.5. The van der Waals surface area contributed by atoms with Crippen LogP contribution >= 0.6 is 0 Å². The van der Waals surface area contributed by atoms with Gasteiger partial charge in [0.2, 0.25) is 0 Å². The molecule has 0 spiro atoms. The van der Waals surface area contributed by atoms with Crippen molar-refractivity contribution in [2.45, 2.75) is 31.6 Å². The molecule has 0 fully saturated rings. The highest BCUT2D eigenvalue weighted by Crippen LogP contribution is 2.38. The molecule has 2 aromatic rings. The molecule has 0 N–H and O–H groups in total. The van der Waals surface area contributed by atoms with Gasteiger partial charge in [0, 0.05) is 17.7 Å². The van der Waals surface area contributed by atoms with Gasteiger partial charge in [-0.1, -0.05) is 19.9 Å². The van der Waals surface area contributed by atoms with Crippen LogP contribution in [0.4, 0.5) is 5.69 Å². The van der Waals surface area contributed by atoms with E-state index in [4.69, 9.17) is 4.74 Å². The highest BCUT2D eigenvalue weighted by molar-refractivity contribution is 7.85. The van der Waals surface area contributed by atoms with E-state index in [1.807, 2.05) is 0 Å². The molecule has 0 atom stereocenters. The van der Waals surface area contributed by atoms with Gasteiger partial charge in [0.15, 0.2) is 0 Å². The molecule has 7 nitrogen and oxygen atoms in total. The van der Waals surface area contributed by atoms with Gasteiger partial charge >= 0.3 is 0 Å². The van der Waals surface area contributed by atoms with Crippen molar-refractivity contribution in [1.29, 1.82) is 0 Å². The van der Waals surface area contributed by atoms with Crippen LogP contribution in [0.15, 0.2) is 41.3 Å². The number of aryl methyl sites for hydroxylation is 1. The molecule has 24 heavy (non-hydrogen) atoms. The third-order valence-electron chi connectivity index (χ3n) is 3.47. The van der Waals surface area contributed by atoms with Crippen molar-refractivity contribution in [3.05, 3.63) is 57.6 Å². The molecule has 8 heteroatoms. The molecule has 0 bridgehead atoms. The molecule has 0 unspecified atom stereocenters. The zero-order chi connectivity index (χ0) is 18.1. The molecular weight excluding hydrogens is 334 g/mol. The van der Waals surface area contributed by atoms with Gasteiger partial charge in [-0.3, -0.25) is 10.1 Å². The fourth-order valence-corrected chi connectivity index (χ4v) is 3.18. The number of non-ortho nitro benzene ring substituents is 1. The molecule has 2 aromatic carbocycles. The van der Waals surface area contributed by atoms with Gasteiger partial charge in [-0.05, 0) is 36.6 Å². The summed E-state index contributed by atoms with van der Waals surface area (Å²) in [5.41, 5.74) is 0.867. The predicted molar refractivity (Wildman–Crippen MR) is 86.4 cm³/mol. The van der Waals surface area contributed by atoms with Crippen LogP contribution < -0.4 is 4.74 Å². The minimum atomic E-state index is -4.65. The molecule has 0 heterocycles. The SMILES string of the molecule is Cc1ccc(S(=O)(=O)[O-])c(C(C)C)c1Oc1ccc([N+](=O)[O-])cc1. The van der Waals surface area contributed by atoms with Crippen molar-refractivity contribution in [3.8, 4) is 11.5 Å². The van der Waals surface area contributed by atoms with Crippen molar-refractivity contribution >= 4 is 15.8 Å². The maximum Gasteiger partial charge on any atom is 0.269 e. The number of hydrogen-bond donors (Lipinski definition) is 0. The van der Waals surface area contributed by atoms with Crippen molar-refractivity contribution in [2.75, 3.05) is 0 Å². The third-order valence-corrected chi connectivity index (χ3v) is 4.36. The molecule has 0 aromatic heterocycles. The largest absolute Gasteiger partial charge is 0.744 e. The van der Waals surface area contributed by atoms with Gasteiger partial charge in [0.25, 0.3) is 5.69 Å². The summed E-state index contributed by atoms with van der Waals surface area (Å²) in [6.07, 6.45) is 0. The van der Waals surface area contributed by atoms with Crippen LogP contribution in [0.1, 0.15) is 30.9 Å². The van der Waals surface area contributed by atoms with Crippen molar-refractivity contribution in [1.82, 2.24) is 0 Å². The van der Waals surface area contributed by atoms with Gasteiger partial charge in [-0.25, -0.2) is 8.42 Å². The molecule has 2 rings (SSSR count). The number of nitro groups is 1. The average Bonchev–Trinajstić information content (AvgIpc) is 2.48. The molecule has 0 amide bonds. The van der Waals surface area contributed by atoms with Crippen LogP contribution in [0.2, 0.25) is 0 Å². The van der Waals surface area contributed by atoms with Gasteiger partial charge < -0.3 is 9.29 Å². The molecule has 0 aliphatic heterocycles. The Bertz CT molecular complexity index is 872. The summed E-state index contributed by atoms with van der Waals surface area (Å²) in [5, 5.41) is 10.7. The first-order valence-electron chi connectivity index (χ1n) is 7.13. The van der Waals surface area contributed by atoms with Crippen LogP contribution in [-0.4, -0.2) is 17.9 Å². The smallest absolute Gasteiger partial charge is 0.269 e. The summed E-state index contributed by atoms with van der Waals surface area (Å²) in [6.45, 7) is 5.24. The van der Waals surface area contributed by atoms with E-state index in [9.17, 15) is 23.1 Å². The van der Waals surface area contributed by atoms with Crippen LogP contribution in [-0.2, 0) is 10.1 Å². The third kappa shape index (κ3) is 3.72. The highest BCUT2D eigenvalue weighted by Gasteiger charge is 2.20. The van der Waals surface area contributed by atoms with Gasteiger partial charge in [-0.2, -0.15) is 0 Å². The van der Waals surface area contributed by atoms with E-state index in [-0.39, 0.29) is 22.3 Å². The molecular formula is C16H16NO6S-. The maximum absolute atomic E-state index is 11.5. The lowest BCUT2D eigenvalue weighted by molar-refractivity contribution is -0.384. The van der Waals surface area contributed by atoms with E-state index >= 15 is 0 Å². The summed E-state index contributed by atoms with van der Waals surface area (Å²) < 4.78 is 40.3. The Kier molecular flexibility index (Phi) is 4.91. The second-order valence-electron chi connectivity index (χ2n) is 5.59. The van der Waals surface area contributed by atoms with Crippen LogP contribution in [0, 0.1) is 17.0 Å². The summed E-state index contributed by atoms with van der Waals surface area (Å²) in [5.74, 6) is 0.318. The molecule has 0 aliphatic carbocycles. The summed E-state index contributed by atoms with van der Waals surface area (Å²) in [4.78, 5) is 9.84. The second kappa shape index (κ2) is 6.58. The van der Waals surface area contributed by atoms with Crippen molar-refractivity contribution in [2.24, 2.45) is 0 Å². The molecule has 0 radical (unpaired) electrons. The Morgan fingerprint density at radius 1 is 1.08 bits per heavy atom. The highest BCUT2D eigenvalue weighted by atomic mass is 32.2. The van der Waals surface area contributed by atoms with E-state index in [2.05, 4.69) is 0 Å². The lowest BCUT2D eigenvalue weighted by atomic mass is 9.99. The lowest BCUT2D eigenvalue weighted by Gasteiger charge is -2.21. The van der Waals surface area contributed by atoms with Gasteiger partial charge in [0.05, 0.1) is 9.82 Å². The number of nitro benzene ring substituents is 1. The Morgan fingerprint density at radius 3 is 2.12 bits per heavy atom. The summed E-state index contributed by atoms with van der Waals surface area (Å²) in [7, 11) is -4.65. The Balaban J connectivity index is 2.55. The van der Waals surface area contributed by atoms with Crippen molar-refractivity contribution < 1.29 is 22.6 Å². The van der Waals surface area contributed by atoms with Crippen molar-refractivity contribution in [3.63, 3.8) is 0 Å². The monoisotopic (exact) mass is 350 g/mol. The first-order chi connectivity index (χ1) is 11.1. The van der Waals surface area contributed by atoms with Crippen LogP contribution in [0.25, 0.3) is 0 Å². The topological polar surface area (TPSA) is 110 Å². The number of nitrogens with zero attached hydrogens (tertiary/aromatic N) is 1. The van der Waals surface area contributed by atoms with E-state index in [1.54, 1.807) is 20.8 Å². The zero-order valence-corrected chi connectivity index (χ0v) is 14.2. The predicted octanol–water partition coefficient (Wildman–Crippen LogP) is 3.72. The standard InChI is InChI=1S/C16H17NO6S/c1-10(2)15-14(24(20,21)22)9-4-11(3)16(15)23-13-7-5-12(6-8-13)17(18)19/h4-10H,1-3H3,(H,20,21,22)/p-1.